The molecule has 0 unspecified atom stereocenters. The van der Waals surface area contributed by atoms with Gasteiger partial charge in [-0.2, -0.15) is 0 Å². The van der Waals surface area contributed by atoms with Crippen LogP contribution >= 0.6 is 0 Å². The van der Waals surface area contributed by atoms with E-state index in [9.17, 15) is 27.2 Å². The molecule has 2 aliphatic rings. The zero-order chi connectivity index (χ0) is 36.5. The molecule has 2 fully saturated rings. The fourth-order valence-corrected chi connectivity index (χ4v) is 6.44. The third-order valence-corrected chi connectivity index (χ3v) is 8.80. The van der Waals surface area contributed by atoms with Crippen LogP contribution < -0.4 is 0 Å². The Morgan fingerprint density at radius 3 is 1.69 bits per heavy atom. The van der Waals surface area contributed by atoms with Gasteiger partial charge in [0, 0.05) is 31.6 Å². The molecule has 0 bridgehead atoms. The number of benzene rings is 3. The molecule has 0 spiro atoms. The summed E-state index contributed by atoms with van der Waals surface area (Å²) in [5.41, 5.74) is 40.4. The average Bonchev–Trinajstić information content (AvgIpc) is 3.17. The number of hydrogen-bond acceptors (Lipinski definition) is 11. The number of nitrogens with zero attached hydrogens (tertiary/aromatic N) is 12. The number of rotatable bonds is 17. The fourth-order valence-electron chi connectivity index (χ4n) is 6.44. The second-order valence-corrected chi connectivity index (χ2v) is 12.0. The maximum Gasteiger partial charge on any atom is 0.149 e. The zero-order valence-corrected chi connectivity index (χ0v) is 27.7. The Morgan fingerprint density at radius 2 is 1.15 bits per heavy atom. The first-order valence-corrected chi connectivity index (χ1v) is 16.3. The molecule has 10 atom stereocenters. The smallest absolute Gasteiger partial charge is 0.149 e. The van der Waals surface area contributed by atoms with Crippen LogP contribution in [0.25, 0.3) is 41.8 Å². The Labute approximate surface area is 297 Å². The van der Waals surface area contributed by atoms with Crippen LogP contribution in [-0.2, 0) is 48.8 Å². The second-order valence-electron chi connectivity index (χ2n) is 12.0. The van der Waals surface area contributed by atoms with E-state index in [1.807, 2.05) is 91.0 Å². The summed E-state index contributed by atoms with van der Waals surface area (Å²) in [6.45, 7) is -0.253. The molecule has 19 nitrogen and oxygen atoms in total. The van der Waals surface area contributed by atoms with Crippen molar-refractivity contribution < 1.29 is 34.1 Å². The Hall–Kier alpha value is -5.38. The van der Waals surface area contributed by atoms with Gasteiger partial charge in [0.15, 0.2) is 0 Å². The molecule has 1 N–H and O–H groups in total. The minimum Gasteiger partial charge on any atom is -0.390 e. The van der Waals surface area contributed by atoms with Gasteiger partial charge in [0.1, 0.15) is 25.4 Å². The van der Waals surface area contributed by atoms with E-state index in [4.69, 9.17) is 29.0 Å². The maximum atomic E-state index is 12.0. The molecule has 1 aliphatic carbocycles. The van der Waals surface area contributed by atoms with E-state index in [-0.39, 0.29) is 32.8 Å². The zero-order valence-electron chi connectivity index (χ0n) is 27.7. The minimum atomic E-state index is -1.50. The Bertz CT molecular complexity index is 1750. The van der Waals surface area contributed by atoms with Gasteiger partial charge in [-0.3, -0.25) is 0 Å². The molecule has 270 valence electrons. The van der Waals surface area contributed by atoms with E-state index in [0.717, 1.165) is 16.7 Å². The quantitative estimate of drug-likeness (QED) is 0.0497. The minimum absolute atomic E-state index is 0.0128. The molecule has 0 aromatic heterocycles. The molecule has 1 aliphatic heterocycles. The predicted octanol–water partition coefficient (Wildman–Crippen LogP) is 7.10. The van der Waals surface area contributed by atoms with E-state index < -0.39 is 60.7 Å². The monoisotopic (exact) mass is 712 g/mol. The maximum absolute atomic E-state index is 12.0. The van der Waals surface area contributed by atoms with Gasteiger partial charge in [0.05, 0.1) is 49.7 Å². The van der Waals surface area contributed by atoms with Gasteiger partial charge >= 0.3 is 0 Å². The van der Waals surface area contributed by atoms with Gasteiger partial charge < -0.3 is 14.6 Å². The van der Waals surface area contributed by atoms with E-state index in [1.165, 1.54) is 0 Å². The third-order valence-electron chi connectivity index (χ3n) is 8.80. The molecule has 1 saturated carbocycles. The van der Waals surface area contributed by atoms with Crippen molar-refractivity contribution in [3.8, 4) is 0 Å². The molecule has 19 heteroatoms. The highest BCUT2D eigenvalue weighted by Crippen LogP contribution is 2.41. The average molecular weight is 713 g/mol. The summed E-state index contributed by atoms with van der Waals surface area (Å²) in [5.74, 6) is -1.13. The Kier molecular flexibility index (Phi) is 14.5. The predicted molar refractivity (Wildman–Crippen MR) is 183 cm³/mol. The summed E-state index contributed by atoms with van der Waals surface area (Å²) in [4.78, 5) is 35.0. The first kappa shape index (κ1) is 37.9. The number of aliphatic hydroxyl groups excluding tert-OH is 1. The third kappa shape index (κ3) is 9.90. The van der Waals surface area contributed by atoms with Gasteiger partial charge in [0.2, 0.25) is 0 Å². The molecule has 0 amide bonds. The van der Waals surface area contributed by atoms with Crippen molar-refractivity contribution in [2.45, 2.75) is 81.0 Å². The van der Waals surface area contributed by atoms with Gasteiger partial charge in [-0.25, -0.2) is 19.6 Å². The standard InChI is InChI=1S/C33H36N12O7/c34-42-38-17-26-31(51-48-19-22-12-6-2-7-13-22)33(52-49-20-23-14-8-3-9-15-23)28(41-45-37)32(50-26)27-24(39-43-35)16-25(40-44-36)30(29(27)46)47-18-21-10-4-1-5-11-21/h1-15,24-33,46H,16-20H2/t24-,25+,26+,27+,28-,29-,30-,31+,32+,33+/m0/s1. The second kappa shape index (κ2) is 19.9. The van der Waals surface area contributed by atoms with Crippen molar-refractivity contribution in [2.75, 3.05) is 6.54 Å². The van der Waals surface area contributed by atoms with Crippen LogP contribution in [0.5, 0.6) is 0 Å². The SMILES string of the molecule is [N-]=[N+]=NC[C@H]1O[C@H]([C@H]2[C@H](O)[C@@H](OCc3ccccc3)[C@H](N=[N+]=[N-])C[C@@H]2N=[N+]=[N-])[C@H](N=[N+]=[N-])[C@@H](OOCc2ccccc2)[C@@H]1OOCc1ccccc1. The number of azide groups is 4. The van der Waals surface area contributed by atoms with Crippen LogP contribution in [0.4, 0.5) is 0 Å². The lowest BCUT2D eigenvalue weighted by Crippen LogP contribution is -2.66. The molecule has 3 aromatic carbocycles. The highest BCUT2D eigenvalue weighted by atomic mass is 17.2. The molecule has 1 heterocycles. The van der Waals surface area contributed by atoms with Crippen molar-refractivity contribution in [3.63, 3.8) is 0 Å². The number of aliphatic hydroxyl groups is 1. The first-order valence-electron chi connectivity index (χ1n) is 16.3. The highest BCUT2D eigenvalue weighted by molar-refractivity contribution is 5.16. The summed E-state index contributed by atoms with van der Waals surface area (Å²) < 4.78 is 12.6. The molecular formula is C33H36N12O7. The van der Waals surface area contributed by atoms with Crippen LogP contribution in [0.3, 0.4) is 0 Å². The molecule has 5 rings (SSSR count). The van der Waals surface area contributed by atoms with Crippen molar-refractivity contribution >= 4 is 0 Å². The molecule has 1 saturated heterocycles. The Morgan fingerprint density at radius 1 is 0.635 bits per heavy atom. The normalized spacial score (nSPS) is 28.2. The Balaban J connectivity index is 1.51. The van der Waals surface area contributed by atoms with Crippen LogP contribution in [0, 0.1) is 5.92 Å². The van der Waals surface area contributed by atoms with Crippen molar-refractivity contribution in [3.05, 3.63) is 149 Å². The number of hydrogen-bond donors (Lipinski definition) is 1. The van der Waals surface area contributed by atoms with Gasteiger partial charge in [-0.1, -0.05) is 111 Å². The first-order chi connectivity index (χ1) is 25.6. The largest absolute Gasteiger partial charge is 0.390 e. The van der Waals surface area contributed by atoms with Crippen LogP contribution in [0.1, 0.15) is 23.1 Å². The topological polar surface area (TPSA) is 271 Å². The summed E-state index contributed by atoms with van der Waals surface area (Å²) in [6, 6.07) is 24.2. The lowest BCUT2D eigenvalue weighted by molar-refractivity contribution is -0.427. The van der Waals surface area contributed by atoms with Crippen LogP contribution in [-0.4, -0.2) is 66.4 Å². The summed E-state index contributed by atoms with van der Waals surface area (Å²) in [5, 5.41) is 27.6. The fraction of sp³-hybridized carbons (Fsp3) is 0.455. The lowest BCUT2D eigenvalue weighted by atomic mass is 9.71. The molecule has 3 aromatic rings. The van der Waals surface area contributed by atoms with E-state index >= 15 is 0 Å². The van der Waals surface area contributed by atoms with Gasteiger partial charge in [-0.15, -0.1) is 0 Å². The van der Waals surface area contributed by atoms with Crippen LogP contribution in [0.2, 0.25) is 0 Å². The molecular weight excluding hydrogens is 676 g/mol. The van der Waals surface area contributed by atoms with Crippen LogP contribution in [0.15, 0.2) is 111 Å². The summed E-state index contributed by atoms with van der Waals surface area (Å²) >= 11 is 0. The van der Waals surface area contributed by atoms with Gasteiger partial charge in [-0.05, 0) is 45.2 Å². The summed E-state index contributed by atoms with van der Waals surface area (Å²) in [7, 11) is 0. The van der Waals surface area contributed by atoms with Gasteiger partial charge in [0.25, 0.3) is 0 Å². The molecule has 0 radical (unpaired) electrons. The summed E-state index contributed by atoms with van der Waals surface area (Å²) in [6.07, 6.45) is -7.53. The lowest BCUT2D eigenvalue weighted by Gasteiger charge is -2.51. The highest BCUT2D eigenvalue weighted by Gasteiger charge is 2.56. The van der Waals surface area contributed by atoms with E-state index in [1.54, 1.807) is 0 Å². The van der Waals surface area contributed by atoms with Crippen molar-refractivity contribution in [2.24, 2.45) is 26.4 Å². The van der Waals surface area contributed by atoms with E-state index in [0.29, 0.717) is 0 Å². The number of ether oxygens (including phenoxy) is 2. The molecule has 52 heavy (non-hydrogen) atoms. The van der Waals surface area contributed by atoms with Crippen molar-refractivity contribution in [1.82, 2.24) is 0 Å². The van der Waals surface area contributed by atoms with E-state index in [2.05, 4.69) is 40.1 Å². The van der Waals surface area contributed by atoms with Crippen molar-refractivity contribution in [1.29, 1.82) is 0 Å².